The molecule has 49 heavy (non-hydrogen) atoms. The predicted octanol–water partition coefficient (Wildman–Crippen LogP) is 2.41. The number of urea groups is 1. The van der Waals surface area contributed by atoms with Gasteiger partial charge in [0.1, 0.15) is 28.6 Å². The number of aliphatic hydroxyl groups excluding tert-OH is 2. The molecular weight excluding hydrogens is 655 g/mol. The molecule has 4 atom stereocenters. The second-order valence-electron chi connectivity index (χ2n) is 12.5. The first-order valence-electron chi connectivity index (χ1n) is 14.9. The highest BCUT2D eigenvalue weighted by molar-refractivity contribution is 6.25. The molecular formula is C32H34F3N5O9. The molecule has 0 spiro atoms. The number of ketones is 2. The number of fused-ring (bicyclic) bond motifs is 3. The van der Waals surface area contributed by atoms with Gasteiger partial charge in [0.2, 0.25) is 5.78 Å². The second-order valence-corrected chi connectivity index (χ2v) is 12.5. The van der Waals surface area contributed by atoms with E-state index in [1.54, 1.807) is 25.1 Å². The lowest BCUT2D eigenvalue weighted by Gasteiger charge is -2.50. The molecule has 17 heteroatoms. The van der Waals surface area contributed by atoms with Gasteiger partial charge in [0.15, 0.2) is 11.4 Å². The molecule has 0 radical (unpaired) electrons. The maximum atomic E-state index is 14.2. The molecule has 5 rings (SSSR count). The van der Waals surface area contributed by atoms with Crippen LogP contribution in [0.15, 0.2) is 53.0 Å². The molecule has 3 amide bonds. The van der Waals surface area contributed by atoms with Crippen LogP contribution in [0.25, 0.3) is 0 Å². The first-order chi connectivity index (χ1) is 22.8. The summed E-state index contributed by atoms with van der Waals surface area (Å²) in [5, 5.41) is 50.6. The van der Waals surface area contributed by atoms with Gasteiger partial charge < -0.3 is 46.4 Å². The third-order valence-corrected chi connectivity index (χ3v) is 9.04. The van der Waals surface area contributed by atoms with E-state index in [4.69, 9.17) is 5.73 Å². The van der Waals surface area contributed by atoms with E-state index in [-0.39, 0.29) is 41.8 Å². The summed E-state index contributed by atoms with van der Waals surface area (Å²) < 4.78 is 41.1. The number of anilines is 2. The summed E-state index contributed by atoms with van der Waals surface area (Å²) in [6.45, 7) is -0.330. The highest BCUT2D eigenvalue weighted by Gasteiger charge is 2.63. The number of hydrogen-bond donors (Lipinski definition) is 7. The van der Waals surface area contributed by atoms with Crippen LogP contribution in [-0.2, 0) is 22.6 Å². The summed E-state index contributed by atoms with van der Waals surface area (Å²) in [6, 6.07) is 4.00. The first-order valence-corrected chi connectivity index (χ1v) is 14.9. The lowest BCUT2D eigenvalue weighted by atomic mass is 9.58. The van der Waals surface area contributed by atoms with Crippen LogP contribution in [0.3, 0.4) is 0 Å². The van der Waals surface area contributed by atoms with Gasteiger partial charge in [-0.15, -0.1) is 13.2 Å². The van der Waals surface area contributed by atoms with Crippen molar-refractivity contribution in [3.8, 4) is 11.5 Å². The number of primary amides is 1. The zero-order valence-corrected chi connectivity index (χ0v) is 26.7. The van der Waals surface area contributed by atoms with Crippen molar-refractivity contribution in [2.24, 2.45) is 17.6 Å². The number of phenolic OH excluding ortho intramolecular Hbond substituents is 1. The topological polar surface area (TPSA) is 215 Å². The number of phenols is 1. The number of ether oxygens (including phenoxy) is 1. The highest BCUT2D eigenvalue weighted by atomic mass is 19.4. The Morgan fingerprint density at radius 1 is 1.08 bits per heavy atom. The molecule has 262 valence electrons. The minimum atomic E-state index is -4.89. The number of hydrogen-bond acceptors (Lipinski definition) is 11. The first kappa shape index (κ1) is 35.0. The Hall–Kier alpha value is -5.29. The van der Waals surface area contributed by atoms with Crippen LogP contribution in [0.4, 0.5) is 29.3 Å². The molecule has 3 aliphatic carbocycles. The number of allylic oxidation sites excluding steroid dienone is 1. The van der Waals surface area contributed by atoms with E-state index in [1.807, 2.05) is 0 Å². The third kappa shape index (κ3) is 5.99. The molecule has 0 saturated carbocycles. The molecule has 0 fully saturated rings. The van der Waals surface area contributed by atoms with Gasteiger partial charge in [0.05, 0.1) is 11.6 Å². The van der Waals surface area contributed by atoms with Crippen LogP contribution in [0, 0.1) is 11.8 Å². The minimum absolute atomic E-state index is 0.0673. The number of benzene rings is 2. The van der Waals surface area contributed by atoms with E-state index in [0.717, 1.165) is 12.1 Å². The van der Waals surface area contributed by atoms with Gasteiger partial charge in [0.25, 0.3) is 5.91 Å². The van der Waals surface area contributed by atoms with E-state index in [0.29, 0.717) is 11.3 Å². The number of nitrogens with one attached hydrogen (secondary N) is 2. The number of likely N-dealkylation sites (N-methyl/N-ethyl adjacent to an activating group) is 1. The number of rotatable bonds is 7. The summed E-state index contributed by atoms with van der Waals surface area (Å²) >= 11 is 0. The van der Waals surface area contributed by atoms with E-state index in [1.165, 1.54) is 31.1 Å². The van der Waals surface area contributed by atoms with Crippen molar-refractivity contribution in [1.29, 1.82) is 0 Å². The molecule has 0 aliphatic heterocycles. The van der Waals surface area contributed by atoms with Gasteiger partial charge in [-0.2, -0.15) is 0 Å². The predicted molar refractivity (Wildman–Crippen MR) is 167 cm³/mol. The van der Waals surface area contributed by atoms with Gasteiger partial charge in [-0.05, 0) is 68.8 Å². The van der Waals surface area contributed by atoms with E-state index in [9.17, 15) is 52.8 Å². The fraction of sp³-hybridized carbons (Fsp3) is 0.375. The zero-order chi connectivity index (χ0) is 36.3. The van der Waals surface area contributed by atoms with Crippen LogP contribution < -0.4 is 26.0 Å². The quantitative estimate of drug-likeness (QED) is 0.210. The van der Waals surface area contributed by atoms with Crippen molar-refractivity contribution in [1.82, 2.24) is 10.2 Å². The van der Waals surface area contributed by atoms with E-state index >= 15 is 0 Å². The largest absolute Gasteiger partial charge is 0.573 e. The maximum absolute atomic E-state index is 14.2. The van der Waals surface area contributed by atoms with Crippen LogP contribution in [0.1, 0.15) is 27.9 Å². The number of aromatic hydroxyl groups is 1. The summed E-state index contributed by atoms with van der Waals surface area (Å²) in [5.41, 5.74) is 2.20. The van der Waals surface area contributed by atoms with Crippen molar-refractivity contribution in [2.45, 2.75) is 37.4 Å². The smallest absolute Gasteiger partial charge is 0.510 e. The number of aliphatic hydroxyl groups is 3. The van der Waals surface area contributed by atoms with Gasteiger partial charge in [-0.3, -0.25) is 19.3 Å². The Bertz CT molecular complexity index is 1820. The fourth-order valence-electron chi connectivity index (χ4n) is 6.98. The van der Waals surface area contributed by atoms with Crippen LogP contribution >= 0.6 is 0 Å². The number of carbonyl (C=O) groups excluding carboxylic acids is 4. The van der Waals surface area contributed by atoms with Crippen LogP contribution in [-0.4, -0.2) is 95.0 Å². The molecule has 0 unspecified atom stereocenters. The molecule has 2 aromatic carbocycles. The van der Waals surface area contributed by atoms with Crippen molar-refractivity contribution in [2.75, 3.05) is 38.4 Å². The number of amides is 3. The van der Waals surface area contributed by atoms with Gasteiger partial charge in [0, 0.05) is 49.1 Å². The summed E-state index contributed by atoms with van der Waals surface area (Å²) in [7, 11) is 6.45. The molecule has 14 nitrogen and oxygen atoms in total. The SMILES string of the molecule is CN(C)c1cc(CNC(=O)Nc2ccc(OC(F)(F)F)cc2)c(O)c2c1C[C@H]1C[C@H]3[C@H](N(C)C)C(O)=C(C(N)=O)C(=O)[C@@]3(O)C(O)=C1C2=O. The number of nitrogens with zero attached hydrogens (tertiary/aromatic N) is 2. The standard InChI is InChI=1S/C32H34F3N5O9/c1-39(2)19-11-14(12-37-30(47)38-15-5-7-16(8-6-15)49-32(33,34)35)24(41)21-17(19)9-13-10-18-23(40(3)4)26(43)22(29(36)46)28(45)31(18,48)27(44)20(13)25(21)42/h5-8,11,13,18,23,41,43-44,48H,9-10,12H2,1-4H3,(H2,36,46)(H2,37,38,47)/t13-,18-,23-,31-/m0/s1. The average molecular weight is 690 g/mol. The minimum Gasteiger partial charge on any atom is -0.510 e. The maximum Gasteiger partial charge on any atom is 0.573 e. The Kier molecular flexibility index (Phi) is 8.80. The molecule has 0 aromatic heterocycles. The Morgan fingerprint density at radius 2 is 1.71 bits per heavy atom. The van der Waals surface area contributed by atoms with Crippen LogP contribution in [0.5, 0.6) is 11.5 Å². The Morgan fingerprint density at radius 3 is 2.27 bits per heavy atom. The zero-order valence-electron chi connectivity index (χ0n) is 26.7. The monoisotopic (exact) mass is 689 g/mol. The molecule has 0 heterocycles. The molecule has 0 saturated heterocycles. The second kappa shape index (κ2) is 12.3. The summed E-state index contributed by atoms with van der Waals surface area (Å²) in [4.78, 5) is 55.6. The van der Waals surface area contributed by atoms with Crippen molar-refractivity contribution >= 4 is 34.9 Å². The molecule has 3 aliphatic rings. The number of nitrogens with two attached hydrogens (primary N) is 1. The Labute approximate surface area is 277 Å². The number of carbonyl (C=O) groups is 4. The van der Waals surface area contributed by atoms with Gasteiger partial charge in [-0.25, -0.2) is 4.79 Å². The highest BCUT2D eigenvalue weighted by Crippen LogP contribution is 2.53. The summed E-state index contributed by atoms with van der Waals surface area (Å²) in [5.74, 6) is -8.23. The number of halogens is 3. The lowest BCUT2D eigenvalue weighted by Crippen LogP contribution is -2.63. The lowest BCUT2D eigenvalue weighted by molar-refractivity contribution is -0.274. The molecule has 8 N–H and O–H groups in total. The normalized spacial score (nSPS) is 23.5. The van der Waals surface area contributed by atoms with Crippen molar-refractivity contribution in [3.05, 3.63) is 69.7 Å². The van der Waals surface area contributed by atoms with Crippen molar-refractivity contribution in [3.63, 3.8) is 0 Å². The van der Waals surface area contributed by atoms with Gasteiger partial charge >= 0.3 is 12.4 Å². The van der Waals surface area contributed by atoms with Crippen molar-refractivity contribution < 1.29 is 57.5 Å². The van der Waals surface area contributed by atoms with Crippen LogP contribution in [0.2, 0.25) is 0 Å². The summed E-state index contributed by atoms with van der Waals surface area (Å²) in [6.07, 6.45) is -4.90. The van der Waals surface area contributed by atoms with Gasteiger partial charge in [-0.1, -0.05) is 0 Å². The molecule has 0 bridgehead atoms. The number of alkyl halides is 3. The third-order valence-electron chi connectivity index (χ3n) is 9.04. The Balaban J connectivity index is 1.48. The number of Topliss-reactive ketones (excluding diaryl/α,β-unsaturated/α-hetero) is 2. The average Bonchev–Trinajstić information content (AvgIpc) is 2.98. The molecule has 2 aromatic rings. The van der Waals surface area contributed by atoms with E-state index < -0.39 is 81.9 Å². The van der Waals surface area contributed by atoms with E-state index in [2.05, 4.69) is 15.4 Å². The fourth-order valence-corrected chi connectivity index (χ4v) is 6.98.